The van der Waals surface area contributed by atoms with E-state index in [0.29, 0.717) is 6.04 Å². The molecule has 7 heteroatoms. The summed E-state index contributed by atoms with van der Waals surface area (Å²) < 4.78 is 0.843. The molecule has 1 aliphatic heterocycles. The first kappa shape index (κ1) is 15.0. The number of pyridine rings is 1. The normalized spacial score (nSPS) is 17.5. The third-order valence-electron chi connectivity index (χ3n) is 3.81. The van der Waals surface area contributed by atoms with E-state index in [2.05, 4.69) is 46.4 Å². The van der Waals surface area contributed by atoms with Crippen LogP contribution in [0.25, 0.3) is 0 Å². The Morgan fingerprint density at radius 3 is 3.05 bits per heavy atom. The van der Waals surface area contributed by atoms with Crippen LogP contribution in [0.2, 0.25) is 0 Å². The van der Waals surface area contributed by atoms with Gasteiger partial charge >= 0.3 is 0 Å². The lowest BCUT2D eigenvalue weighted by molar-refractivity contribution is 0.689. The molecule has 2 aromatic rings. The Morgan fingerprint density at radius 1 is 1.32 bits per heavy atom. The molecule has 0 spiro atoms. The third-order valence-corrected chi connectivity index (χ3v) is 4.26. The van der Waals surface area contributed by atoms with E-state index in [9.17, 15) is 0 Å². The number of nitrogens with one attached hydrogen (secondary N) is 2. The SMILES string of the molecule is CNc1cc(N2CCCC2CNc2cccc(Br)n2)ncn1. The maximum atomic E-state index is 4.41. The molecule has 0 saturated carbocycles. The summed E-state index contributed by atoms with van der Waals surface area (Å²) in [6, 6.07) is 8.30. The molecule has 1 fully saturated rings. The molecule has 1 aliphatic rings. The van der Waals surface area contributed by atoms with Crippen molar-refractivity contribution in [1.29, 1.82) is 0 Å². The van der Waals surface area contributed by atoms with Crippen LogP contribution in [0.15, 0.2) is 35.2 Å². The summed E-state index contributed by atoms with van der Waals surface area (Å²) in [5.41, 5.74) is 0. The van der Waals surface area contributed by atoms with Gasteiger partial charge in [0.25, 0.3) is 0 Å². The zero-order valence-corrected chi connectivity index (χ0v) is 14.0. The van der Waals surface area contributed by atoms with E-state index in [-0.39, 0.29) is 0 Å². The van der Waals surface area contributed by atoms with E-state index in [4.69, 9.17) is 0 Å². The second-order valence-corrected chi connectivity index (χ2v) is 6.04. The average molecular weight is 363 g/mol. The largest absolute Gasteiger partial charge is 0.373 e. The number of hydrogen-bond acceptors (Lipinski definition) is 6. The van der Waals surface area contributed by atoms with Crippen molar-refractivity contribution in [3.63, 3.8) is 0 Å². The predicted octanol–water partition coefficient (Wildman–Crippen LogP) is 2.76. The molecule has 0 bridgehead atoms. The third kappa shape index (κ3) is 3.47. The monoisotopic (exact) mass is 362 g/mol. The minimum Gasteiger partial charge on any atom is -0.373 e. The fraction of sp³-hybridized carbons (Fsp3) is 0.400. The van der Waals surface area contributed by atoms with E-state index in [0.717, 1.165) is 41.6 Å². The Kier molecular flexibility index (Phi) is 4.72. The van der Waals surface area contributed by atoms with Crippen LogP contribution in [0.5, 0.6) is 0 Å². The molecule has 2 N–H and O–H groups in total. The predicted molar refractivity (Wildman–Crippen MR) is 92.4 cm³/mol. The summed E-state index contributed by atoms with van der Waals surface area (Å²) in [5.74, 6) is 2.71. The van der Waals surface area contributed by atoms with E-state index >= 15 is 0 Å². The summed E-state index contributed by atoms with van der Waals surface area (Å²) in [6.45, 7) is 1.88. The van der Waals surface area contributed by atoms with Crippen molar-refractivity contribution in [3.05, 3.63) is 35.2 Å². The molecule has 0 aromatic carbocycles. The van der Waals surface area contributed by atoms with Gasteiger partial charge in [-0.3, -0.25) is 0 Å². The molecular weight excluding hydrogens is 344 g/mol. The Balaban J connectivity index is 1.67. The molecule has 0 radical (unpaired) electrons. The summed E-state index contributed by atoms with van der Waals surface area (Å²) >= 11 is 3.39. The fourth-order valence-corrected chi connectivity index (χ4v) is 3.06. The van der Waals surface area contributed by atoms with Crippen LogP contribution in [0.4, 0.5) is 17.5 Å². The van der Waals surface area contributed by atoms with Gasteiger partial charge in [0.2, 0.25) is 0 Å². The summed E-state index contributed by atoms with van der Waals surface area (Å²) in [5, 5.41) is 6.48. The van der Waals surface area contributed by atoms with Gasteiger partial charge in [-0.05, 0) is 40.9 Å². The standard InChI is InChI=1S/C15H19BrN6/c1-17-14-8-15(20-10-19-14)22-7-3-4-11(22)9-18-13-6-2-5-12(16)21-13/h2,5-6,8,10-11H,3-4,7,9H2,1H3,(H,18,21)(H,17,19,20). The smallest absolute Gasteiger partial charge is 0.134 e. The Morgan fingerprint density at radius 2 is 2.23 bits per heavy atom. The summed E-state index contributed by atoms with van der Waals surface area (Å²) in [7, 11) is 1.87. The maximum Gasteiger partial charge on any atom is 0.134 e. The highest BCUT2D eigenvalue weighted by Crippen LogP contribution is 2.25. The maximum absolute atomic E-state index is 4.41. The van der Waals surface area contributed by atoms with Gasteiger partial charge in [0.05, 0.1) is 0 Å². The molecule has 0 amide bonds. The van der Waals surface area contributed by atoms with Gasteiger partial charge in [-0.1, -0.05) is 6.07 Å². The van der Waals surface area contributed by atoms with Gasteiger partial charge in [0.1, 0.15) is 28.4 Å². The lowest BCUT2D eigenvalue weighted by Crippen LogP contribution is -2.35. The fourth-order valence-electron chi connectivity index (χ4n) is 2.72. The van der Waals surface area contributed by atoms with Gasteiger partial charge in [0, 0.05) is 32.2 Å². The van der Waals surface area contributed by atoms with Crippen molar-refractivity contribution in [2.75, 3.05) is 35.7 Å². The topological polar surface area (TPSA) is 66.0 Å². The lowest BCUT2D eigenvalue weighted by atomic mass is 10.2. The van der Waals surface area contributed by atoms with Gasteiger partial charge in [-0.25, -0.2) is 15.0 Å². The first-order valence-electron chi connectivity index (χ1n) is 7.39. The molecule has 6 nitrogen and oxygen atoms in total. The molecule has 1 unspecified atom stereocenters. The number of aromatic nitrogens is 3. The van der Waals surface area contributed by atoms with Crippen LogP contribution < -0.4 is 15.5 Å². The van der Waals surface area contributed by atoms with E-state index in [1.807, 2.05) is 31.3 Å². The first-order valence-corrected chi connectivity index (χ1v) is 8.18. The minimum atomic E-state index is 0.417. The van der Waals surface area contributed by atoms with E-state index < -0.39 is 0 Å². The highest BCUT2D eigenvalue weighted by Gasteiger charge is 2.25. The zero-order valence-electron chi connectivity index (χ0n) is 12.5. The van der Waals surface area contributed by atoms with Gasteiger partial charge in [-0.15, -0.1) is 0 Å². The average Bonchev–Trinajstić information content (AvgIpc) is 3.01. The van der Waals surface area contributed by atoms with Crippen LogP contribution >= 0.6 is 15.9 Å². The Hall–Kier alpha value is -1.89. The molecule has 3 rings (SSSR count). The second kappa shape index (κ2) is 6.91. The first-order chi connectivity index (χ1) is 10.8. The molecule has 0 aliphatic carbocycles. The molecule has 22 heavy (non-hydrogen) atoms. The van der Waals surface area contributed by atoms with Crippen molar-refractivity contribution in [2.24, 2.45) is 0 Å². The number of hydrogen-bond donors (Lipinski definition) is 2. The highest BCUT2D eigenvalue weighted by atomic mass is 79.9. The van der Waals surface area contributed by atoms with Gasteiger partial charge < -0.3 is 15.5 Å². The van der Waals surface area contributed by atoms with Crippen molar-refractivity contribution in [3.8, 4) is 0 Å². The Labute approximate surface area is 138 Å². The van der Waals surface area contributed by atoms with Gasteiger partial charge in [-0.2, -0.15) is 0 Å². The zero-order chi connectivity index (χ0) is 15.4. The summed E-state index contributed by atoms with van der Waals surface area (Å²) in [4.78, 5) is 15.3. The van der Waals surface area contributed by atoms with Gasteiger partial charge in [0.15, 0.2) is 0 Å². The Bertz CT molecular complexity index is 635. The number of rotatable bonds is 5. The molecule has 2 aromatic heterocycles. The number of nitrogens with zero attached hydrogens (tertiary/aromatic N) is 4. The highest BCUT2D eigenvalue weighted by molar-refractivity contribution is 9.10. The second-order valence-electron chi connectivity index (χ2n) is 5.23. The molecule has 116 valence electrons. The lowest BCUT2D eigenvalue weighted by Gasteiger charge is -2.26. The van der Waals surface area contributed by atoms with Crippen molar-refractivity contribution >= 4 is 33.4 Å². The minimum absolute atomic E-state index is 0.417. The molecule has 3 heterocycles. The van der Waals surface area contributed by atoms with E-state index in [1.54, 1.807) is 6.33 Å². The van der Waals surface area contributed by atoms with Crippen LogP contribution in [-0.2, 0) is 0 Å². The van der Waals surface area contributed by atoms with Crippen LogP contribution in [0, 0.1) is 0 Å². The van der Waals surface area contributed by atoms with E-state index in [1.165, 1.54) is 6.42 Å². The molecular formula is C15H19BrN6. The van der Waals surface area contributed by atoms with Crippen molar-refractivity contribution in [2.45, 2.75) is 18.9 Å². The number of anilines is 3. The van der Waals surface area contributed by atoms with Crippen LogP contribution in [0.3, 0.4) is 0 Å². The van der Waals surface area contributed by atoms with Crippen molar-refractivity contribution < 1.29 is 0 Å². The van der Waals surface area contributed by atoms with Crippen LogP contribution in [-0.4, -0.2) is 41.1 Å². The quantitative estimate of drug-likeness (QED) is 0.797. The molecule has 1 atom stereocenters. The molecule has 1 saturated heterocycles. The number of halogens is 1. The summed E-state index contributed by atoms with van der Waals surface area (Å²) in [6.07, 6.45) is 3.94. The van der Waals surface area contributed by atoms with Crippen molar-refractivity contribution in [1.82, 2.24) is 15.0 Å². The van der Waals surface area contributed by atoms with Crippen LogP contribution in [0.1, 0.15) is 12.8 Å².